The van der Waals surface area contributed by atoms with Crippen molar-refractivity contribution in [2.75, 3.05) is 32.0 Å². The summed E-state index contributed by atoms with van der Waals surface area (Å²) in [6.45, 7) is 8.49. The van der Waals surface area contributed by atoms with Gasteiger partial charge in [-0.05, 0) is 83.6 Å². The number of piperidine rings is 1. The number of likely N-dealkylation sites (tertiary alicyclic amines) is 1. The first-order chi connectivity index (χ1) is 12.8. The fraction of sp³-hybridized carbons (Fsp3) is 0.455. The van der Waals surface area contributed by atoms with E-state index in [1.54, 1.807) is 32.1 Å². The van der Waals surface area contributed by atoms with E-state index >= 15 is 0 Å². The zero-order chi connectivity index (χ0) is 20.4. The minimum absolute atomic E-state index is 0.110. The number of terminal acetylenes is 1. The van der Waals surface area contributed by atoms with Crippen molar-refractivity contribution < 1.29 is 4.39 Å². The normalized spacial score (nSPS) is 18.3. The van der Waals surface area contributed by atoms with Crippen molar-refractivity contribution in [1.82, 2.24) is 4.90 Å². The maximum Gasteiger partial charge on any atom is 0.123 e. The summed E-state index contributed by atoms with van der Waals surface area (Å²) in [6.07, 6.45) is 10.5. The maximum absolute atomic E-state index is 13.3. The third-order valence-electron chi connectivity index (χ3n) is 4.76. The van der Waals surface area contributed by atoms with Crippen LogP contribution in [0.25, 0.3) is 0 Å². The van der Waals surface area contributed by atoms with Gasteiger partial charge in [0.1, 0.15) is 5.82 Å². The van der Waals surface area contributed by atoms with Crippen molar-refractivity contribution in [3.05, 3.63) is 51.8 Å². The molecule has 2 aliphatic heterocycles. The molecular formula is C22H29Cl2FN2. The van der Waals surface area contributed by atoms with E-state index in [9.17, 15) is 4.39 Å². The molecule has 0 radical (unpaired) electrons. The van der Waals surface area contributed by atoms with E-state index in [4.69, 9.17) is 23.2 Å². The number of allylic oxidation sites excluding steroid dienone is 4. The smallest absolute Gasteiger partial charge is 0.123 e. The van der Waals surface area contributed by atoms with Crippen LogP contribution in [0.2, 0.25) is 0 Å². The first kappa shape index (κ1) is 23.6. The Morgan fingerprint density at radius 2 is 1.93 bits per heavy atom. The van der Waals surface area contributed by atoms with E-state index in [0.29, 0.717) is 10.1 Å². The molecule has 0 saturated carbocycles. The molecule has 0 aromatic heterocycles. The standard InChI is InChI=1S/C13H17FN2.C6H8Cl2.C3H4/c1-16-6-4-13(5-7-16)9-15-12-3-2-10(14)8-11(12)13;1-3-4-6(8)5(2)7;1-3-2/h2-3,8,15H,4-7,9H2,1H3;3-4H,1-2H3;1H,2H3/b;4-3-,6-5-;. The number of fused-ring (bicyclic) bond motifs is 2. The van der Waals surface area contributed by atoms with Crippen LogP contribution in [0.3, 0.4) is 0 Å². The Hall–Kier alpha value is -1.47. The van der Waals surface area contributed by atoms with Crippen LogP contribution in [-0.2, 0) is 5.41 Å². The summed E-state index contributed by atoms with van der Waals surface area (Å²) in [5.74, 6) is 2.14. The molecule has 3 rings (SSSR count). The van der Waals surface area contributed by atoms with Gasteiger partial charge in [0.15, 0.2) is 0 Å². The third kappa shape index (κ3) is 6.88. The molecule has 2 aliphatic rings. The lowest BCUT2D eigenvalue weighted by molar-refractivity contribution is 0.200. The van der Waals surface area contributed by atoms with Crippen LogP contribution in [0.5, 0.6) is 0 Å². The first-order valence-corrected chi connectivity index (χ1v) is 9.79. The number of anilines is 1. The average molecular weight is 411 g/mol. The van der Waals surface area contributed by atoms with Gasteiger partial charge in [-0.25, -0.2) is 4.39 Å². The lowest BCUT2D eigenvalue weighted by Gasteiger charge is -2.37. The number of nitrogens with one attached hydrogen (secondary N) is 1. The number of nitrogens with zero attached hydrogens (tertiary/aromatic N) is 1. The van der Waals surface area contributed by atoms with Gasteiger partial charge < -0.3 is 10.2 Å². The van der Waals surface area contributed by atoms with Gasteiger partial charge in [0.05, 0.1) is 5.03 Å². The van der Waals surface area contributed by atoms with Crippen LogP contribution in [-0.4, -0.2) is 31.6 Å². The second-order valence-corrected chi connectivity index (χ2v) is 7.77. The summed E-state index contributed by atoms with van der Waals surface area (Å²) in [7, 11) is 2.15. The van der Waals surface area contributed by atoms with Crippen molar-refractivity contribution in [2.24, 2.45) is 0 Å². The third-order valence-corrected chi connectivity index (χ3v) is 5.47. The van der Waals surface area contributed by atoms with Gasteiger partial charge in [0, 0.05) is 22.7 Å². The van der Waals surface area contributed by atoms with Crippen LogP contribution in [0.15, 0.2) is 40.4 Å². The molecule has 2 nitrogen and oxygen atoms in total. The van der Waals surface area contributed by atoms with E-state index in [2.05, 4.69) is 29.6 Å². The second kappa shape index (κ2) is 11.4. The monoisotopic (exact) mass is 410 g/mol. The zero-order valence-corrected chi connectivity index (χ0v) is 18.1. The molecule has 1 aromatic carbocycles. The molecule has 27 heavy (non-hydrogen) atoms. The van der Waals surface area contributed by atoms with E-state index < -0.39 is 0 Å². The highest BCUT2D eigenvalue weighted by Crippen LogP contribution is 2.43. The van der Waals surface area contributed by atoms with E-state index in [1.165, 1.54) is 5.56 Å². The van der Waals surface area contributed by atoms with Gasteiger partial charge in [0.25, 0.3) is 0 Å². The molecule has 1 fully saturated rings. The number of halogens is 3. The van der Waals surface area contributed by atoms with Gasteiger partial charge in [-0.2, -0.15) is 0 Å². The predicted octanol–water partition coefficient (Wildman–Crippen LogP) is 6.13. The molecular weight excluding hydrogens is 382 g/mol. The summed E-state index contributed by atoms with van der Waals surface area (Å²) in [6, 6.07) is 5.14. The van der Waals surface area contributed by atoms with Crippen LogP contribution >= 0.6 is 23.2 Å². The quantitative estimate of drug-likeness (QED) is 0.442. The molecule has 0 atom stereocenters. The van der Waals surface area contributed by atoms with Gasteiger partial charge in [-0.15, -0.1) is 12.3 Å². The molecule has 0 aliphatic carbocycles. The Morgan fingerprint density at radius 3 is 2.41 bits per heavy atom. The molecule has 2 heterocycles. The molecule has 1 spiro atoms. The Morgan fingerprint density at radius 1 is 1.33 bits per heavy atom. The van der Waals surface area contributed by atoms with E-state index in [-0.39, 0.29) is 11.2 Å². The lowest BCUT2D eigenvalue weighted by Crippen LogP contribution is -2.42. The summed E-state index contributed by atoms with van der Waals surface area (Å²) in [5, 5.41) is 4.65. The Balaban J connectivity index is 0.000000282. The lowest BCUT2D eigenvalue weighted by atomic mass is 9.74. The molecule has 1 saturated heterocycles. The average Bonchev–Trinajstić information content (AvgIpc) is 2.97. The van der Waals surface area contributed by atoms with E-state index in [0.717, 1.165) is 38.2 Å². The number of rotatable bonds is 1. The van der Waals surface area contributed by atoms with Gasteiger partial charge in [-0.1, -0.05) is 29.3 Å². The molecule has 1 N–H and O–H groups in total. The Bertz CT molecular complexity index is 708. The largest absolute Gasteiger partial charge is 0.384 e. The highest BCUT2D eigenvalue weighted by Gasteiger charge is 2.40. The van der Waals surface area contributed by atoms with Crippen LogP contribution in [0, 0.1) is 18.2 Å². The fourth-order valence-electron chi connectivity index (χ4n) is 3.22. The fourth-order valence-corrected chi connectivity index (χ4v) is 3.41. The molecule has 0 unspecified atom stereocenters. The van der Waals surface area contributed by atoms with Crippen molar-refractivity contribution in [3.63, 3.8) is 0 Å². The van der Waals surface area contributed by atoms with Crippen molar-refractivity contribution in [3.8, 4) is 12.3 Å². The van der Waals surface area contributed by atoms with Crippen molar-refractivity contribution in [2.45, 2.75) is 39.0 Å². The highest BCUT2D eigenvalue weighted by atomic mass is 35.5. The Kier molecular flexibility index (Phi) is 9.94. The topological polar surface area (TPSA) is 15.3 Å². The molecule has 0 amide bonds. The van der Waals surface area contributed by atoms with Gasteiger partial charge in [-0.3, -0.25) is 0 Å². The highest BCUT2D eigenvalue weighted by molar-refractivity contribution is 6.39. The van der Waals surface area contributed by atoms with Crippen LogP contribution in [0.4, 0.5) is 10.1 Å². The van der Waals surface area contributed by atoms with E-state index in [1.807, 2.05) is 19.1 Å². The maximum atomic E-state index is 13.3. The molecule has 1 aromatic rings. The van der Waals surface area contributed by atoms with Gasteiger partial charge in [0.2, 0.25) is 0 Å². The van der Waals surface area contributed by atoms with Crippen molar-refractivity contribution in [1.29, 1.82) is 0 Å². The predicted molar refractivity (Wildman–Crippen MR) is 117 cm³/mol. The minimum atomic E-state index is -0.110. The summed E-state index contributed by atoms with van der Waals surface area (Å²) in [5.41, 5.74) is 2.51. The summed E-state index contributed by atoms with van der Waals surface area (Å²) >= 11 is 11.1. The molecule has 5 heteroatoms. The van der Waals surface area contributed by atoms with Gasteiger partial charge >= 0.3 is 0 Å². The number of benzene rings is 1. The molecule has 148 valence electrons. The van der Waals surface area contributed by atoms with Crippen LogP contribution in [0.1, 0.15) is 39.2 Å². The molecule has 0 bridgehead atoms. The Labute approximate surface area is 173 Å². The number of hydrogen-bond donors (Lipinski definition) is 1. The van der Waals surface area contributed by atoms with Crippen LogP contribution < -0.4 is 5.32 Å². The summed E-state index contributed by atoms with van der Waals surface area (Å²) in [4.78, 5) is 2.35. The zero-order valence-electron chi connectivity index (χ0n) is 16.6. The SMILES string of the molecule is C#CC.C/C=C\C(Cl)=C(/C)Cl.CN1CCC2(CC1)CNc1ccc(F)cc12. The second-order valence-electron chi connectivity index (χ2n) is 6.80. The van der Waals surface area contributed by atoms with Crippen molar-refractivity contribution >= 4 is 28.9 Å². The number of hydrogen-bond acceptors (Lipinski definition) is 2. The minimum Gasteiger partial charge on any atom is -0.384 e. The first-order valence-electron chi connectivity index (χ1n) is 9.04. The summed E-state index contributed by atoms with van der Waals surface area (Å²) < 4.78 is 13.3.